The molecule has 0 aromatic carbocycles. The maximum atomic E-state index is 4.94. The summed E-state index contributed by atoms with van der Waals surface area (Å²) in [4.78, 5) is 0. The van der Waals surface area contributed by atoms with Crippen LogP contribution in [0.5, 0.6) is 0 Å². The molecule has 0 heterocycles. The van der Waals surface area contributed by atoms with Gasteiger partial charge in [-0.1, -0.05) is 64.7 Å². The Kier molecular flexibility index (Phi) is 6.79. The third-order valence-corrected chi connectivity index (χ3v) is 4.45. The predicted octanol–water partition coefficient (Wildman–Crippen LogP) is 5.37. The Bertz CT molecular complexity index is 145. The molecule has 0 aromatic rings. The van der Waals surface area contributed by atoms with E-state index in [1.54, 1.807) is 0 Å². The molecule has 0 aliphatic heterocycles. The lowest BCUT2D eigenvalue weighted by molar-refractivity contribution is 0.451. The van der Waals surface area contributed by atoms with E-state index < -0.39 is 0 Å². The predicted molar refractivity (Wildman–Crippen MR) is 72.8 cm³/mol. The molecule has 0 nitrogen and oxygen atoms in total. The van der Waals surface area contributed by atoms with Crippen LogP contribution in [0, 0.1) is 0 Å². The van der Waals surface area contributed by atoms with Crippen LogP contribution in [0.2, 0.25) is 0 Å². The Hall–Kier alpha value is 0.350. The molecule has 0 amide bonds. The van der Waals surface area contributed by atoms with E-state index in [4.69, 9.17) is 12.6 Å². The van der Waals surface area contributed by atoms with Crippen molar-refractivity contribution < 1.29 is 0 Å². The summed E-state index contributed by atoms with van der Waals surface area (Å²) in [5.41, 5.74) is 0. The van der Waals surface area contributed by atoms with Gasteiger partial charge in [-0.2, -0.15) is 12.6 Å². The molecule has 0 aromatic heterocycles. The SMILES string of the molecule is CCCCCCCC1(S)CCCCCC1. The van der Waals surface area contributed by atoms with Crippen LogP contribution in [0.4, 0.5) is 0 Å². The second-order valence-electron chi connectivity index (χ2n) is 5.30. The quantitative estimate of drug-likeness (QED) is 0.353. The molecule has 15 heavy (non-hydrogen) atoms. The zero-order valence-corrected chi connectivity index (χ0v) is 11.3. The average Bonchev–Trinajstić information content (AvgIpc) is 2.43. The molecule has 0 atom stereocenters. The van der Waals surface area contributed by atoms with Crippen molar-refractivity contribution >= 4 is 12.6 Å². The Morgan fingerprint density at radius 3 is 2.07 bits per heavy atom. The number of rotatable bonds is 6. The van der Waals surface area contributed by atoms with Crippen LogP contribution in [0.15, 0.2) is 0 Å². The topological polar surface area (TPSA) is 0 Å². The molecule has 1 heteroatoms. The first-order valence-electron chi connectivity index (χ1n) is 6.99. The van der Waals surface area contributed by atoms with Gasteiger partial charge in [-0.25, -0.2) is 0 Å². The summed E-state index contributed by atoms with van der Waals surface area (Å²) in [6.07, 6.45) is 16.8. The summed E-state index contributed by atoms with van der Waals surface area (Å²) in [7, 11) is 0. The molecule has 1 aliphatic carbocycles. The Morgan fingerprint density at radius 1 is 0.867 bits per heavy atom. The molecule has 1 rings (SSSR count). The molecular formula is C14H28S. The van der Waals surface area contributed by atoms with Crippen LogP contribution in [0.3, 0.4) is 0 Å². The van der Waals surface area contributed by atoms with Crippen molar-refractivity contribution in [3.8, 4) is 0 Å². The maximum absolute atomic E-state index is 4.94. The van der Waals surface area contributed by atoms with E-state index in [1.165, 1.54) is 77.0 Å². The summed E-state index contributed by atoms with van der Waals surface area (Å²) in [6.45, 7) is 2.28. The van der Waals surface area contributed by atoms with Gasteiger partial charge >= 0.3 is 0 Å². The smallest absolute Gasteiger partial charge is 0.0130 e. The summed E-state index contributed by atoms with van der Waals surface area (Å²) < 4.78 is 0.405. The third-order valence-electron chi connectivity index (χ3n) is 3.78. The fourth-order valence-corrected chi connectivity index (χ4v) is 3.17. The second-order valence-corrected chi connectivity index (χ2v) is 6.25. The van der Waals surface area contributed by atoms with Crippen LogP contribution < -0.4 is 0 Å². The standard InChI is InChI=1S/C14H28S/c1-2-3-4-5-8-11-14(15)12-9-6-7-10-13-14/h15H,2-13H2,1H3. The first kappa shape index (κ1) is 13.4. The summed E-state index contributed by atoms with van der Waals surface area (Å²) in [5.74, 6) is 0. The lowest BCUT2D eigenvalue weighted by Gasteiger charge is -2.26. The van der Waals surface area contributed by atoms with E-state index >= 15 is 0 Å². The number of hydrogen-bond donors (Lipinski definition) is 1. The molecule has 1 fully saturated rings. The Balaban J connectivity index is 2.11. The van der Waals surface area contributed by atoms with E-state index in [1.807, 2.05) is 0 Å². The van der Waals surface area contributed by atoms with Crippen molar-refractivity contribution in [3.63, 3.8) is 0 Å². The molecule has 1 aliphatic rings. The van der Waals surface area contributed by atoms with Gasteiger partial charge in [0.2, 0.25) is 0 Å². The lowest BCUT2D eigenvalue weighted by atomic mass is 9.92. The van der Waals surface area contributed by atoms with E-state index in [-0.39, 0.29) is 0 Å². The van der Waals surface area contributed by atoms with Crippen molar-refractivity contribution in [2.24, 2.45) is 0 Å². The van der Waals surface area contributed by atoms with Crippen LogP contribution >= 0.6 is 12.6 Å². The summed E-state index contributed by atoms with van der Waals surface area (Å²) in [6, 6.07) is 0. The fourth-order valence-electron chi connectivity index (χ4n) is 2.69. The molecule has 90 valence electrons. The van der Waals surface area contributed by atoms with Crippen LogP contribution in [0.1, 0.15) is 84.0 Å². The van der Waals surface area contributed by atoms with Gasteiger partial charge in [-0.05, 0) is 19.3 Å². The highest BCUT2D eigenvalue weighted by atomic mass is 32.1. The zero-order chi connectivity index (χ0) is 11.0. The molecule has 0 spiro atoms. The van der Waals surface area contributed by atoms with Crippen LogP contribution in [-0.2, 0) is 0 Å². The van der Waals surface area contributed by atoms with Gasteiger partial charge in [-0.3, -0.25) is 0 Å². The van der Waals surface area contributed by atoms with Crippen molar-refractivity contribution in [1.82, 2.24) is 0 Å². The molecular weight excluding hydrogens is 200 g/mol. The highest BCUT2D eigenvalue weighted by molar-refractivity contribution is 7.81. The van der Waals surface area contributed by atoms with Gasteiger partial charge in [-0.15, -0.1) is 0 Å². The minimum absolute atomic E-state index is 0.405. The zero-order valence-electron chi connectivity index (χ0n) is 10.4. The summed E-state index contributed by atoms with van der Waals surface area (Å²) in [5, 5.41) is 0. The highest BCUT2D eigenvalue weighted by Gasteiger charge is 2.25. The first-order chi connectivity index (χ1) is 7.27. The molecule has 0 saturated heterocycles. The van der Waals surface area contributed by atoms with Crippen LogP contribution in [0.25, 0.3) is 0 Å². The van der Waals surface area contributed by atoms with Gasteiger partial charge in [0.05, 0.1) is 0 Å². The van der Waals surface area contributed by atoms with Gasteiger partial charge in [0.1, 0.15) is 0 Å². The van der Waals surface area contributed by atoms with Gasteiger partial charge in [0, 0.05) is 4.75 Å². The van der Waals surface area contributed by atoms with E-state index in [0.29, 0.717) is 4.75 Å². The highest BCUT2D eigenvalue weighted by Crippen LogP contribution is 2.36. The number of hydrogen-bond acceptors (Lipinski definition) is 1. The average molecular weight is 228 g/mol. The normalized spacial score (nSPS) is 21.2. The Labute approximate surface area is 102 Å². The maximum Gasteiger partial charge on any atom is 0.0130 e. The largest absolute Gasteiger partial charge is 0.173 e. The molecule has 0 radical (unpaired) electrons. The minimum atomic E-state index is 0.405. The minimum Gasteiger partial charge on any atom is -0.173 e. The van der Waals surface area contributed by atoms with E-state index in [2.05, 4.69) is 6.92 Å². The molecule has 1 saturated carbocycles. The van der Waals surface area contributed by atoms with Crippen molar-refractivity contribution in [3.05, 3.63) is 0 Å². The van der Waals surface area contributed by atoms with Crippen molar-refractivity contribution in [2.45, 2.75) is 88.7 Å². The molecule has 0 N–H and O–H groups in total. The van der Waals surface area contributed by atoms with Gasteiger partial charge < -0.3 is 0 Å². The van der Waals surface area contributed by atoms with Crippen molar-refractivity contribution in [2.75, 3.05) is 0 Å². The molecule has 0 bridgehead atoms. The van der Waals surface area contributed by atoms with Crippen molar-refractivity contribution in [1.29, 1.82) is 0 Å². The van der Waals surface area contributed by atoms with Gasteiger partial charge in [0.15, 0.2) is 0 Å². The van der Waals surface area contributed by atoms with E-state index in [9.17, 15) is 0 Å². The second kappa shape index (κ2) is 7.60. The number of thiol groups is 1. The first-order valence-corrected chi connectivity index (χ1v) is 7.44. The Morgan fingerprint density at radius 2 is 1.47 bits per heavy atom. The summed E-state index contributed by atoms with van der Waals surface area (Å²) >= 11 is 4.94. The third kappa shape index (κ3) is 5.85. The fraction of sp³-hybridized carbons (Fsp3) is 1.00. The van der Waals surface area contributed by atoms with E-state index in [0.717, 1.165) is 0 Å². The monoisotopic (exact) mass is 228 g/mol. The lowest BCUT2D eigenvalue weighted by Crippen LogP contribution is -2.20. The van der Waals surface area contributed by atoms with Crippen LogP contribution in [-0.4, -0.2) is 4.75 Å². The number of unbranched alkanes of at least 4 members (excludes halogenated alkanes) is 4. The molecule has 0 unspecified atom stereocenters. The van der Waals surface area contributed by atoms with Gasteiger partial charge in [0.25, 0.3) is 0 Å².